The van der Waals surface area contributed by atoms with Crippen LogP contribution in [0.1, 0.15) is 56.9 Å². The Bertz CT molecular complexity index is 1030. The van der Waals surface area contributed by atoms with Crippen molar-refractivity contribution in [2.24, 2.45) is 5.92 Å². The number of ether oxygens (including phenoxy) is 2. The van der Waals surface area contributed by atoms with Crippen molar-refractivity contribution in [2.75, 3.05) is 26.8 Å². The van der Waals surface area contributed by atoms with Crippen molar-refractivity contribution in [1.29, 1.82) is 0 Å². The smallest absolute Gasteiger partial charge is 0.247 e. The molecule has 1 saturated carbocycles. The lowest BCUT2D eigenvalue weighted by atomic mass is 9.85. The third kappa shape index (κ3) is 8.42. The summed E-state index contributed by atoms with van der Waals surface area (Å²) >= 11 is 2.08. The molecule has 0 spiro atoms. The third-order valence-corrected chi connectivity index (χ3v) is 8.20. The molecule has 0 radical (unpaired) electrons. The lowest BCUT2D eigenvalue weighted by Gasteiger charge is -2.42. The van der Waals surface area contributed by atoms with Crippen LogP contribution in [0.5, 0.6) is 11.5 Å². The summed E-state index contributed by atoms with van der Waals surface area (Å²) in [7, 11) is 1.49. The number of methoxy groups -OCH3 is 1. The first kappa shape index (κ1) is 31.4. The Hall–Kier alpha value is -2.15. The first-order valence-corrected chi connectivity index (χ1v) is 14.7. The number of carbonyl (C=O) groups excluding carboxylic acids is 2. The molecule has 216 valence electrons. The Labute approximate surface area is 244 Å². The van der Waals surface area contributed by atoms with Crippen LogP contribution in [0.2, 0.25) is 0 Å². The number of benzene rings is 1. The van der Waals surface area contributed by atoms with Gasteiger partial charge in [0.05, 0.1) is 29.9 Å². The van der Waals surface area contributed by atoms with Crippen LogP contribution in [0.3, 0.4) is 0 Å². The number of rotatable bonds is 13. The van der Waals surface area contributed by atoms with E-state index in [1.165, 1.54) is 13.5 Å². The van der Waals surface area contributed by atoms with E-state index in [2.05, 4.69) is 34.5 Å². The van der Waals surface area contributed by atoms with E-state index < -0.39 is 18.2 Å². The predicted octanol–water partition coefficient (Wildman–Crippen LogP) is 3.08. The molecule has 0 unspecified atom stereocenters. The summed E-state index contributed by atoms with van der Waals surface area (Å²) in [6, 6.07) is 2.75. The van der Waals surface area contributed by atoms with Gasteiger partial charge in [0.2, 0.25) is 11.8 Å². The van der Waals surface area contributed by atoms with Gasteiger partial charge in [0, 0.05) is 31.5 Å². The molecule has 2 aliphatic rings. The molecule has 10 heteroatoms. The molecule has 9 nitrogen and oxygen atoms in total. The summed E-state index contributed by atoms with van der Waals surface area (Å²) in [6.45, 7) is 3.98. The van der Waals surface area contributed by atoms with Crippen LogP contribution in [0, 0.1) is 9.49 Å². The quantitative estimate of drug-likeness (QED) is 0.190. The number of hydrogen-bond donors (Lipinski definition) is 4. The highest BCUT2D eigenvalue weighted by Crippen LogP contribution is 2.37. The Morgan fingerprint density at radius 3 is 2.62 bits per heavy atom. The van der Waals surface area contributed by atoms with E-state index in [9.17, 15) is 24.9 Å². The van der Waals surface area contributed by atoms with E-state index in [1.54, 1.807) is 29.2 Å². The minimum atomic E-state index is -1.10. The predicted molar refractivity (Wildman–Crippen MR) is 156 cm³/mol. The van der Waals surface area contributed by atoms with E-state index >= 15 is 0 Å². The molecular formula is C29H41IN2O7. The second kappa shape index (κ2) is 15.6. The first-order chi connectivity index (χ1) is 18.8. The molecule has 1 fully saturated rings. The van der Waals surface area contributed by atoms with Crippen molar-refractivity contribution in [3.63, 3.8) is 0 Å². The van der Waals surface area contributed by atoms with E-state index in [0.717, 1.165) is 25.7 Å². The van der Waals surface area contributed by atoms with E-state index in [4.69, 9.17) is 9.47 Å². The molecule has 3 rings (SSSR count). The van der Waals surface area contributed by atoms with Crippen molar-refractivity contribution >= 4 is 34.4 Å². The SMILES string of the molecule is C=CCCC(=O)N(CC1CCCCC1)[C@@H]1CC(C(=O)NCCO)=C[C@H](Oc2c(I)cc(CO)cc2OC)[C@H]1O. The van der Waals surface area contributed by atoms with Gasteiger partial charge >= 0.3 is 0 Å². The van der Waals surface area contributed by atoms with Gasteiger partial charge in [-0.05, 0) is 71.5 Å². The van der Waals surface area contributed by atoms with Gasteiger partial charge in [0.1, 0.15) is 12.2 Å². The second-order valence-electron chi connectivity index (χ2n) is 10.2. The number of allylic oxidation sites excluding steroid dienone is 1. The zero-order valence-electron chi connectivity index (χ0n) is 22.6. The highest BCUT2D eigenvalue weighted by atomic mass is 127. The van der Waals surface area contributed by atoms with Crippen molar-refractivity contribution < 1.29 is 34.4 Å². The van der Waals surface area contributed by atoms with Crippen molar-refractivity contribution in [3.8, 4) is 11.5 Å². The lowest BCUT2D eigenvalue weighted by Crippen LogP contribution is -2.56. The molecule has 1 aromatic carbocycles. The van der Waals surface area contributed by atoms with Gasteiger partial charge < -0.3 is 35.0 Å². The molecule has 0 saturated heterocycles. The normalized spacial score (nSPS) is 21.6. The molecule has 0 aliphatic heterocycles. The van der Waals surface area contributed by atoms with Crippen LogP contribution < -0.4 is 14.8 Å². The second-order valence-corrected chi connectivity index (χ2v) is 11.3. The highest BCUT2D eigenvalue weighted by molar-refractivity contribution is 14.1. The van der Waals surface area contributed by atoms with Gasteiger partial charge in [-0.3, -0.25) is 9.59 Å². The van der Waals surface area contributed by atoms with Gasteiger partial charge in [-0.15, -0.1) is 6.58 Å². The van der Waals surface area contributed by atoms with Crippen LogP contribution in [-0.4, -0.2) is 77.1 Å². The number of aliphatic hydroxyl groups excluding tert-OH is 3. The average Bonchev–Trinajstić information content (AvgIpc) is 2.95. The van der Waals surface area contributed by atoms with Crippen molar-refractivity contribution in [2.45, 2.75) is 76.2 Å². The highest BCUT2D eigenvalue weighted by Gasteiger charge is 2.41. The number of halogens is 1. The standard InChI is InChI=1S/C29H41IN2O7/c1-3-4-10-26(35)32(17-19-8-6-5-7-9-19)23-15-21(29(37)31-11-12-33)16-24(27(23)36)39-28-22(30)13-20(18-34)14-25(28)38-2/h3,13-14,16,19,23-24,27,33-34,36H,1,4-12,15,17-18H2,2H3,(H,31,37)/t23-,24+,27+/m1/s1. The average molecular weight is 657 g/mol. The Kier molecular flexibility index (Phi) is 12.5. The minimum Gasteiger partial charge on any atom is -0.493 e. The van der Waals surface area contributed by atoms with Crippen LogP contribution >= 0.6 is 22.6 Å². The van der Waals surface area contributed by atoms with Gasteiger partial charge in [-0.2, -0.15) is 0 Å². The van der Waals surface area contributed by atoms with Gasteiger partial charge in [-0.1, -0.05) is 25.3 Å². The number of aliphatic hydroxyl groups is 3. The van der Waals surface area contributed by atoms with Gasteiger partial charge in [-0.25, -0.2) is 0 Å². The summed E-state index contributed by atoms with van der Waals surface area (Å²) in [5, 5.41) is 33.2. The molecule has 3 atom stereocenters. The Balaban J connectivity index is 1.98. The summed E-state index contributed by atoms with van der Waals surface area (Å²) < 4.78 is 12.5. The molecule has 1 aromatic rings. The van der Waals surface area contributed by atoms with E-state index in [-0.39, 0.29) is 44.4 Å². The molecule has 0 heterocycles. The number of nitrogens with zero attached hydrogens (tertiary/aromatic N) is 1. The van der Waals surface area contributed by atoms with Crippen LogP contribution in [0.4, 0.5) is 0 Å². The Morgan fingerprint density at radius 1 is 1.23 bits per heavy atom. The van der Waals surface area contributed by atoms with Crippen LogP contribution in [-0.2, 0) is 16.2 Å². The Morgan fingerprint density at radius 2 is 1.97 bits per heavy atom. The largest absolute Gasteiger partial charge is 0.493 e. The molecule has 2 amide bonds. The topological polar surface area (TPSA) is 129 Å². The lowest BCUT2D eigenvalue weighted by molar-refractivity contribution is -0.139. The molecular weight excluding hydrogens is 615 g/mol. The third-order valence-electron chi connectivity index (χ3n) is 7.40. The summed E-state index contributed by atoms with van der Waals surface area (Å²) in [5.74, 6) is 0.648. The van der Waals surface area contributed by atoms with Crippen LogP contribution in [0.25, 0.3) is 0 Å². The molecule has 39 heavy (non-hydrogen) atoms. The molecule has 0 bridgehead atoms. The summed E-state index contributed by atoms with van der Waals surface area (Å²) in [4.78, 5) is 28.3. The maximum atomic E-state index is 13.5. The molecule has 0 aromatic heterocycles. The van der Waals surface area contributed by atoms with Crippen molar-refractivity contribution in [1.82, 2.24) is 10.2 Å². The van der Waals surface area contributed by atoms with Gasteiger partial charge in [0.25, 0.3) is 0 Å². The van der Waals surface area contributed by atoms with E-state index in [1.807, 2.05) is 0 Å². The summed E-state index contributed by atoms with van der Waals surface area (Å²) in [5.41, 5.74) is 1.03. The fourth-order valence-corrected chi connectivity index (χ4v) is 6.13. The summed E-state index contributed by atoms with van der Waals surface area (Å²) in [6.07, 6.45) is 7.71. The maximum absolute atomic E-state index is 13.5. The van der Waals surface area contributed by atoms with Gasteiger partial charge in [0.15, 0.2) is 11.5 Å². The number of amides is 2. The zero-order valence-corrected chi connectivity index (χ0v) is 24.8. The van der Waals surface area contributed by atoms with E-state index in [0.29, 0.717) is 45.1 Å². The first-order valence-electron chi connectivity index (χ1n) is 13.6. The number of hydrogen-bond acceptors (Lipinski definition) is 7. The maximum Gasteiger partial charge on any atom is 0.247 e. The van der Waals surface area contributed by atoms with Crippen molar-refractivity contribution in [3.05, 3.63) is 45.6 Å². The van der Waals surface area contributed by atoms with Crippen LogP contribution in [0.15, 0.2) is 36.4 Å². The number of nitrogens with one attached hydrogen (secondary N) is 1. The fraction of sp³-hybridized carbons (Fsp3) is 0.586. The monoisotopic (exact) mass is 656 g/mol. The molecule has 4 N–H and O–H groups in total. The minimum absolute atomic E-state index is 0.0836. The fourth-order valence-electron chi connectivity index (χ4n) is 5.33. The molecule has 2 aliphatic carbocycles. The zero-order chi connectivity index (χ0) is 28.4. The number of carbonyl (C=O) groups is 2.